The lowest BCUT2D eigenvalue weighted by Crippen LogP contribution is -2.25. The van der Waals surface area contributed by atoms with E-state index in [1.807, 2.05) is 0 Å². The van der Waals surface area contributed by atoms with Gasteiger partial charge in [0.15, 0.2) is 0 Å². The Balaban J connectivity index is 2.11. The quantitative estimate of drug-likeness (QED) is 0.866. The summed E-state index contributed by atoms with van der Waals surface area (Å²) in [5.74, 6) is -0.426. The van der Waals surface area contributed by atoms with E-state index in [4.69, 9.17) is 11.6 Å². The van der Waals surface area contributed by atoms with Crippen molar-refractivity contribution >= 4 is 29.2 Å². The van der Waals surface area contributed by atoms with Gasteiger partial charge >= 0.3 is 5.97 Å². The Morgan fingerprint density at radius 1 is 1.25 bits per heavy atom. The van der Waals surface area contributed by atoms with E-state index in [9.17, 15) is 9.59 Å². The first-order chi connectivity index (χ1) is 9.61. The molecular formula is C15H18ClNO3. The zero-order chi connectivity index (χ0) is 14.5. The molecule has 1 saturated carbocycles. The van der Waals surface area contributed by atoms with Gasteiger partial charge in [0.2, 0.25) is 5.91 Å². The van der Waals surface area contributed by atoms with Crippen LogP contribution in [0.4, 0.5) is 5.69 Å². The molecule has 1 N–H and O–H groups in total. The van der Waals surface area contributed by atoms with Crippen LogP contribution in [0.25, 0.3) is 0 Å². The standard InChI is InChI=1S/C15H18ClNO3/c1-20-15(19)11-7-8-12(16)13(9-11)17-14(18)10-5-3-2-4-6-10/h7-10H,2-6H2,1H3,(H,17,18). The van der Waals surface area contributed by atoms with Gasteiger partial charge in [-0.3, -0.25) is 4.79 Å². The number of nitrogens with one attached hydrogen (secondary N) is 1. The molecule has 0 bridgehead atoms. The highest BCUT2D eigenvalue weighted by molar-refractivity contribution is 6.33. The van der Waals surface area contributed by atoms with Gasteiger partial charge in [-0.1, -0.05) is 30.9 Å². The van der Waals surface area contributed by atoms with Gasteiger partial charge in [-0.15, -0.1) is 0 Å². The zero-order valence-electron chi connectivity index (χ0n) is 11.4. The average molecular weight is 296 g/mol. The van der Waals surface area contributed by atoms with Gasteiger partial charge in [0, 0.05) is 5.92 Å². The molecule has 1 aromatic rings. The van der Waals surface area contributed by atoms with E-state index >= 15 is 0 Å². The van der Waals surface area contributed by atoms with E-state index in [0.29, 0.717) is 16.3 Å². The van der Waals surface area contributed by atoms with Gasteiger partial charge < -0.3 is 10.1 Å². The van der Waals surface area contributed by atoms with Gasteiger partial charge in [-0.25, -0.2) is 4.79 Å². The first kappa shape index (κ1) is 14.9. The minimum Gasteiger partial charge on any atom is -0.465 e. The van der Waals surface area contributed by atoms with Crippen LogP contribution in [0.3, 0.4) is 0 Å². The van der Waals surface area contributed by atoms with Crippen LogP contribution in [-0.2, 0) is 9.53 Å². The maximum atomic E-state index is 12.2. The first-order valence-electron chi connectivity index (χ1n) is 6.80. The van der Waals surface area contributed by atoms with Crippen molar-refractivity contribution in [2.45, 2.75) is 32.1 Å². The minimum absolute atomic E-state index is 0.0198. The summed E-state index contributed by atoms with van der Waals surface area (Å²) in [5.41, 5.74) is 0.834. The van der Waals surface area contributed by atoms with E-state index in [2.05, 4.69) is 10.1 Å². The Labute approximate surface area is 123 Å². The third kappa shape index (κ3) is 3.51. The van der Waals surface area contributed by atoms with Crippen LogP contribution in [0.5, 0.6) is 0 Å². The second-order valence-electron chi connectivity index (χ2n) is 5.01. The second kappa shape index (κ2) is 6.75. The summed E-state index contributed by atoms with van der Waals surface area (Å²) < 4.78 is 4.66. The molecule has 0 spiro atoms. The molecule has 1 aliphatic carbocycles. The minimum atomic E-state index is -0.449. The summed E-state index contributed by atoms with van der Waals surface area (Å²) in [6.07, 6.45) is 5.21. The molecule has 0 aliphatic heterocycles. The number of halogens is 1. The van der Waals surface area contributed by atoms with Crippen molar-refractivity contribution in [1.29, 1.82) is 0 Å². The lowest BCUT2D eigenvalue weighted by Gasteiger charge is -2.21. The summed E-state index contributed by atoms with van der Waals surface area (Å²) in [6.45, 7) is 0. The number of ether oxygens (including phenoxy) is 1. The van der Waals surface area contributed by atoms with Crippen molar-refractivity contribution in [3.05, 3.63) is 28.8 Å². The molecule has 1 amide bonds. The Kier molecular flexibility index (Phi) is 5.01. The Hall–Kier alpha value is -1.55. The summed E-state index contributed by atoms with van der Waals surface area (Å²) in [4.78, 5) is 23.7. The molecule has 0 heterocycles. The lowest BCUT2D eigenvalue weighted by atomic mass is 9.88. The van der Waals surface area contributed by atoms with E-state index in [1.54, 1.807) is 18.2 Å². The molecule has 0 atom stereocenters. The topological polar surface area (TPSA) is 55.4 Å². The number of benzene rings is 1. The normalized spacial score (nSPS) is 15.7. The first-order valence-corrected chi connectivity index (χ1v) is 7.18. The average Bonchev–Trinajstić information content (AvgIpc) is 2.49. The molecule has 0 unspecified atom stereocenters. The fraction of sp³-hybridized carbons (Fsp3) is 0.467. The van der Waals surface area contributed by atoms with Crippen molar-refractivity contribution in [3.63, 3.8) is 0 Å². The van der Waals surface area contributed by atoms with E-state index < -0.39 is 5.97 Å². The highest BCUT2D eigenvalue weighted by atomic mass is 35.5. The number of methoxy groups -OCH3 is 1. The maximum absolute atomic E-state index is 12.2. The smallest absolute Gasteiger partial charge is 0.337 e. The van der Waals surface area contributed by atoms with Gasteiger partial charge in [-0.2, -0.15) is 0 Å². The number of hydrogen-bond acceptors (Lipinski definition) is 3. The Morgan fingerprint density at radius 2 is 1.95 bits per heavy atom. The van der Waals surface area contributed by atoms with Crippen LogP contribution in [0.15, 0.2) is 18.2 Å². The van der Waals surface area contributed by atoms with Crippen LogP contribution in [0.1, 0.15) is 42.5 Å². The number of carbonyl (C=O) groups excluding carboxylic acids is 2. The zero-order valence-corrected chi connectivity index (χ0v) is 12.2. The molecule has 20 heavy (non-hydrogen) atoms. The predicted octanol–water partition coefficient (Wildman–Crippen LogP) is 3.65. The number of amides is 1. The van der Waals surface area contributed by atoms with E-state index in [1.165, 1.54) is 13.5 Å². The highest BCUT2D eigenvalue weighted by Gasteiger charge is 2.22. The van der Waals surface area contributed by atoms with Gasteiger partial charge in [0.05, 0.1) is 23.4 Å². The number of anilines is 1. The van der Waals surface area contributed by atoms with Crippen LogP contribution >= 0.6 is 11.6 Å². The summed E-state index contributed by atoms with van der Waals surface area (Å²) in [7, 11) is 1.32. The molecule has 108 valence electrons. The number of esters is 1. The Morgan fingerprint density at radius 3 is 2.60 bits per heavy atom. The van der Waals surface area contributed by atoms with Crippen molar-refractivity contribution in [3.8, 4) is 0 Å². The number of hydrogen-bond donors (Lipinski definition) is 1. The van der Waals surface area contributed by atoms with Crippen LogP contribution < -0.4 is 5.32 Å². The number of carbonyl (C=O) groups is 2. The lowest BCUT2D eigenvalue weighted by molar-refractivity contribution is -0.120. The van der Waals surface area contributed by atoms with Crippen molar-refractivity contribution in [2.75, 3.05) is 12.4 Å². The maximum Gasteiger partial charge on any atom is 0.337 e. The number of rotatable bonds is 3. The van der Waals surface area contributed by atoms with Crippen molar-refractivity contribution in [1.82, 2.24) is 0 Å². The second-order valence-corrected chi connectivity index (χ2v) is 5.42. The molecule has 0 aromatic heterocycles. The third-order valence-electron chi connectivity index (χ3n) is 3.62. The fourth-order valence-electron chi connectivity index (χ4n) is 2.47. The Bertz CT molecular complexity index is 510. The molecule has 1 fully saturated rings. The van der Waals surface area contributed by atoms with Crippen molar-refractivity contribution < 1.29 is 14.3 Å². The summed E-state index contributed by atoms with van der Waals surface area (Å²) in [6, 6.07) is 4.71. The molecule has 5 heteroatoms. The van der Waals surface area contributed by atoms with Crippen LogP contribution in [0, 0.1) is 5.92 Å². The molecule has 0 radical (unpaired) electrons. The van der Waals surface area contributed by atoms with Crippen LogP contribution in [0.2, 0.25) is 5.02 Å². The molecule has 0 saturated heterocycles. The summed E-state index contributed by atoms with van der Waals surface area (Å²) in [5, 5.41) is 3.24. The predicted molar refractivity (Wildman–Crippen MR) is 78.0 cm³/mol. The van der Waals surface area contributed by atoms with Gasteiger partial charge in [0.25, 0.3) is 0 Å². The summed E-state index contributed by atoms with van der Waals surface area (Å²) >= 11 is 6.06. The van der Waals surface area contributed by atoms with Gasteiger partial charge in [-0.05, 0) is 31.0 Å². The van der Waals surface area contributed by atoms with E-state index in [0.717, 1.165) is 25.7 Å². The third-order valence-corrected chi connectivity index (χ3v) is 3.95. The molecule has 1 aliphatic rings. The molecule has 4 nitrogen and oxygen atoms in total. The van der Waals surface area contributed by atoms with Crippen molar-refractivity contribution in [2.24, 2.45) is 5.92 Å². The van der Waals surface area contributed by atoms with E-state index in [-0.39, 0.29) is 11.8 Å². The molecular weight excluding hydrogens is 278 g/mol. The van der Waals surface area contributed by atoms with Crippen LogP contribution in [-0.4, -0.2) is 19.0 Å². The molecule has 1 aromatic carbocycles. The highest BCUT2D eigenvalue weighted by Crippen LogP contribution is 2.28. The van der Waals surface area contributed by atoms with Gasteiger partial charge in [0.1, 0.15) is 0 Å². The largest absolute Gasteiger partial charge is 0.465 e. The molecule has 2 rings (SSSR count). The SMILES string of the molecule is COC(=O)c1ccc(Cl)c(NC(=O)C2CCCCC2)c1. The monoisotopic (exact) mass is 295 g/mol. The fourth-order valence-corrected chi connectivity index (χ4v) is 2.63.